The Morgan fingerprint density at radius 2 is 2.05 bits per heavy atom. The molecule has 1 aliphatic rings. The zero-order valence-corrected chi connectivity index (χ0v) is 14.5. The number of hydrogen-bond acceptors (Lipinski definition) is 2. The van der Waals surface area contributed by atoms with Crippen molar-refractivity contribution in [2.45, 2.75) is 24.2 Å². The van der Waals surface area contributed by atoms with Crippen LogP contribution in [0.2, 0.25) is 0 Å². The van der Waals surface area contributed by atoms with Gasteiger partial charge in [0.1, 0.15) is 5.82 Å². The summed E-state index contributed by atoms with van der Waals surface area (Å²) in [5.74, 6) is 1.96. The number of thioether (sulfide) groups is 1. The zero-order valence-electron chi connectivity index (χ0n) is 11.3. The minimum Gasteiger partial charge on any atom is -0.370 e. The lowest BCUT2D eigenvalue weighted by molar-refractivity contribution is 0.326. The largest absolute Gasteiger partial charge is 0.370 e. The van der Waals surface area contributed by atoms with Gasteiger partial charge in [-0.15, -0.1) is 35.7 Å². The predicted molar refractivity (Wildman–Crippen MR) is 94.4 cm³/mol. The van der Waals surface area contributed by atoms with Crippen molar-refractivity contribution in [2.24, 2.45) is 16.6 Å². The summed E-state index contributed by atoms with van der Waals surface area (Å²) in [5.41, 5.74) is 5.78. The topological polar surface area (TPSA) is 50.4 Å². The van der Waals surface area contributed by atoms with Gasteiger partial charge >= 0.3 is 0 Å². The molecular formula is C14H21FIN3S. The van der Waals surface area contributed by atoms with E-state index < -0.39 is 0 Å². The Kier molecular flexibility index (Phi) is 8.28. The predicted octanol–water partition coefficient (Wildman–Crippen LogP) is 3.24. The van der Waals surface area contributed by atoms with Crippen LogP contribution >= 0.6 is 35.7 Å². The van der Waals surface area contributed by atoms with Gasteiger partial charge in [0.05, 0.1) is 0 Å². The molecule has 20 heavy (non-hydrogen) atoms. The van der Waals surface area contributed by atoms with Crippen molar-refractivity contribution in [3.8, 4) is 0 Å². The molecule has 2 rings (SSSR count). The number of aliphatic imine (C=N–C) groups is 1. The van der Waals surface area contributed by atoms with Crippen LogP contribution < -0.4 is 11.1 Å². The first-order valence-electron chi connectivity index (χ1n) is 6.66. The van der Waals surface area contributed by atoms with Crippen LogP contribution in [-0.2, 0) is 0 Å². The fourth-order valence-electron chi connectivity index (χ4n) is 1.84. The first-order chi connectivity index (χ1) is 9.24. The summed E-state index contributed by atoms with van der Waals surface area (Å²) >= 11 is 1.67. The molecule has 0 spiro atoms. The number of nitrogens with zero attached hydrogens (tertiary/aromatic N) is 1. The van der Waals surface area contributed by atoms with Crippen molar-refractivity contribution in [3.05, 3.63) is 30.1 Å². The Morgan fingerprint density at radius 3 is 2.65 bits per heavy atom. The summed E-state index contributed by atoms with van der Waals surface area (Å²) in [5, 5.41) is 3.10. The fourth-order valence-corrected chi connectivity index (χ4v) is 2.61. The third kappa shape index (κ3) is 6.30. The van der Waals surface area contributed by atoms with Gasteiger partial charge in [0, 0.05) is 23.7 Å². The summed E-state index contributed by atoms with van der Waals surface area (Å²) in [7, 11) is 0. The highest BCUT2D eigenvalue weighted by Gasteiger charge is 2.16. The van der Waals surface area contributed by atoms with E-state index in [1.807, 2.05) is 0 Å². The third-order valence-corrected chi connectivity index (χ3v) is 4.25. The summed E-state index contributed by atoms with van der Waals surface area (Å²) in [6.07, 6.45) is 3.91. The van der Waals surface area contributed by atoms with Gasteiger partial charge in [-0.25, -0.2) is 4.39 Å². The molecule has 1 saturated carbocycles. The highest BCUT2D eigenvalue weighted by molar-refractivity contribution is 14.0. The van der Waals surface area contributed by atoms with Gasteiger partial charge in [-0.2, -0.15) is 0 Å². The fraction of sp³-hybridized carbons (Fsp3) is 0.500. The molecule has 0 bridgehead atoms. The lowest BCUT2D eigenvalue weighted by Crippen LogP contribution is -2.34. The number of nitrogens with two attached hydrogens (primary N) is 1. The molecule has 112 valence electrons. The zero-order chi connectivity index (χ0) is 13.5. The van der Waals surface area contributed by atoms with E-state index in [1.54, 1.807) is 23.9 Å². The Balaban J connectivity index is 0.00000200. The van der Waals surface area contributed by atoms with Crippen molar-refractivity contribution in [3.63, 3.8) is 0 Å². The maximum Gasteiger partial charge on any atom is 0.188 e. The molecule has 6 heteroatoms. The van der Waals surface area contributed by atoms with E-state index in [0.29, 0.717) is 5.96 Å². The van der Waals surface area contributed by atoms with Crippen LogP contribution in [0.4, 0.5) is 4.39 Å². The second-order valence-corrected chi connectivity index (χ2v) is 5.92. The van der Waals surface area contributed by atoms with Crippen molar-refractivity contribution in [2.75, 3.05) is 18.8 Å². The van der Waals surface area contributed by atoms with Gasteiger partial charge in [-0.05, 0) is 43.0 Å². The second kappa shape index (κ2) is 9.44. The number of rotatable bonds is 6. The second-order valence-electron chi connectivity index (χ2n) is 4.75. The van der Waals surface area contributed by atoms with E-state index in [4.69, 9.17) is 5.73 Å². The SMILES string of the molecule is I.NC(=NCC1CCC1)NCCSc1ccc(F)cc1. The summed E-state index contributed by atoms with van der Waals surface area (Å²) < 4.78 is 12.7. The number of benzene rings is 1. The van der Waals surface area contributed by atoms with Crippen molar-refractivity contribution >= 4 is 41.7 Å². The summed E-state index contributed by atoms with van der Waals surface area (Å²) in [4.78, 5) is 5.39. The van der Waals surface area contributed by atoms with E-state index >= 15 is 0 Å². The molecule has 0 aromatic heterocycles. The number of hydrogen-bond donors (Lipinski definition) is 2. The molecule has 0 amide bonds. The Morgan fingerprint density at radius 1 is 1.35 bits per heavy atom. The average Bonchev–Trinajstić information content (AvgIpc) is 2.35. The van der Waals surface area contributed by atoms with Gasteiger partial charge in [-0.3, -0.25) is 4.99 Å². The average molecular weight is 409 g/mol. The Bertz CT molecular complexity index is 421. The maximum atomic E-state index is 12.7. The molecular weight excluding hydrogens is 388 g/mol. The van der Waals surface area contributed by atoms with Gasteiger partial charge in [-0.1, -0.05) is 6.42 Å². The molecule has 0 aliphatic heterocycles. The van der Waals surface area contributed by atoms with Gasteiger partial charge < -0.3 is 11.1 Å². The van der Waals surface area contributed by atoms with Crippen LogP contribution in [0.5, 0.6) is 0 Å². The highest BCUT2D eigenvalue weighted by Crippen LogP contribution is 2.26. The monoisotopic (exact) mass is 409 g/mol. The van der Waals surface area contributed by atoms with Crippen molar-refractivity contribution < 1.29 is 4.39 Å². The minimum absolute atomic E-state index is 0. The summed E-state index contributed by atoms with van der Waals surface area (Å²) in [6.45, 7) is 1.62. The van der Waals surface area contributed by atoms with Crippen molar-refractivity contribution in [1.82, 2.24) is 5.32 Å². The first-order valence-corrected chi connectivity index (χ1v) is 7.65. The first kappa shape index (κ1) is 17.6. The highest BCUT2D eigenvalue weighted by atomic mass is 127. The van der Waals surface area contributed by atoms with Crippen LogP contribution in [0.3, 0.4) is 0 Å². The molecule has 1 aromatic rings. The maximum absolute atomic E-state index is 12.7. The van der Waals surface area contributed by atoms with Crippen LogP contribution in [0.15, 0.2) is 34.2 Å². The van der Waals surface area contributed by atoms with E-state index in [-0.39, 0.29) is 29.8 Å². The quantitative estimate of drug-likeness (QED) is 0.249. The molecule has 0 saturated heterocycles. The van der Waals surface area contributed by atoms with E-state index in [9.17, 15) is 4.39 Å². The third-order valence-electron chi connectivity index (χ3n) is 3.24. The molecule has 1 aromatic carbocycles. The molecule has 0 radical (unpaired) electrons. The summed E-state index contributed by atoms with van der Waals surface area (Å²) in [6, 6.07) is 6.52. The molecule has 3 N–H and O–H groups in total. The van der Waals surface area contributed by atoms with Crippen LogP contribution in [0.25, 0.3) is 0 Å². The van der Waals surface area contributed by atoms with Gasteiger partial charge in [0.25, 0.3) is 0 Å². The van der Waals surface area contributed by atoms with E-state index in [2.05, 4.69) is 10.3 Å². The number of guanidine groups is 1. The minimum atomic E-state index is -0.199. The standard InChI is InChI=1S/C14H20FN3S.HI/c15-12-4-6-13(7-5-12)19-9-8-17-14(16)18-10-11-2-1-3-11;/h4-7,11H,1-3,8-10H2,(H3,16,17,18);1H. The van der Waals surface area contributed by atoms with Gasteiger partial charge in [0.15, 0.2) is 5.96 Å². The lowest BCUT2D eigenvalue weighted by Gasteiger charge is -2.23. The molecule has 1 aliphatic carbocycles. The van der Waals surface area contributed by atoms with Crippen LogP contribution in [0.1, 0.15) is 19.3 Å². The normalized spacial score (nSPS) is 15.3. The number of nitrogens with one attached hydrogen (secondary N) is 1. The Labute approximate surface area is 141 Å². The van der Waals surface area contributed by atoms with Crippen molar-refractivity contribution in [1.29, 1.82) is 0 Å². The van der Waals surface area contributed by atoms with Crippen LogP contribution in [-0.4, -0.2) is 24.8 Å². The molecule has 3 nitrogen and oxygen atoms in total. The van der Waals surface area contributed by atoms with Gasteiger partial charge in [0.2, 0.25) is 0 Å². The lowest BCUT2D eigenvalue weighted by atomic mass is 9.86. The van der Waals surface area contributed by atoms with E-state index in [1.165, 1.54) is 31.4 Å². The van der Waals surface area contributed by atoms with E-state index in [0.717, 1.165) is 29.7 Å². The Hall–Kier alpha value is -0.500. The van der Waals surface area contributed by atoms with Crippen LogP contribution in [0, 0.1) is 11.7 Å². The molecule has 1 fully saturated rings. The molecule has 0 heterocycles. The number of halogens is 2. The smallest absolute Gasteiger partial charge is 0.188 e. The molecule has 0 atom stereocenters. The molecule has 0 unspecified atom stereocenters.